The standard InChI is InChI=1S/C16H22N4S/c1-12-11-21-9-8-19(12)16-14(10-17-13-5-6-13)20-7-3-2-4-15(20)18-16/h2-4,7,12-13,17H,5-6,8-11H2,1H3. The molecule has 4 rings (SSSR count). The van der Waals surface area contributed by atoms with Gasteiger partial charge in [-0.3, -0.25) is 0 Å². The van der Waals surface area contributed by atoms with Crippen molar-refractivity contribution >= 4 is 23.2 Å². The molecule has 0 radical (unpaired) electrons. The quantitative estimate of drug-likeness (QED) is 0.941. The number of hydrogen-bond donors (Lipinski definition) is 1. The van der Waals surface area contributed by atoms with Gasteiger partial charge in [0.15, 0.2) is 5.82 Å². The Morgan fingerprint density at radius 2 is 2.29 bits per heavy atom. The molecule has 1 aliphatic carbocycles. The number of anilines is 1. The van der Waals surface area contributed by atoms with Gasteiger partial charge in [0.1, 0.15) is 5.65 Å². The Bertz CT molecular complexity index is 634. The summed E-state index contributed by atoms with van der Waals surface area (Å²) in [5.41, 5.74) is 2.38. The maximum atomic E-state index is 4.92. The van der Waals surface area contributed by atoms with Crippen LogP contribution in [0.25, 0.3) is 5.65 Å². The first-order valence-corrected chi connectivity index (χ1v) is 9.02. The number of hydrogen-bond acceptors (Lipinski definition) is 4. The van der Waals surface area contributed by atoms with Crippen molar-refractivity contribution in [2.45, 2.75) is 38.4 Å². The molecule has 1 N–H and O–H groups in total. The maximum absolute atomic E-state index is 4.92. The van der Waals surface area contributed by atoms with Crippen LogP contribution >= 0.6 is 11.8 Å². The van der Waals surface area contributed by atoms with Gasteiger partial charge in [-0.25, -0.2) is 4.98 Å². The normalized spacial score (nSPS) is 22.9. The van der Waals surface area contributed by atoms with Crippen molar-refractivity contribution in [2.24, 2.45) is 0 Å². The average molecular weight is 302 g/mol. The molecule has 0 bridgehead atoms. The van der Waals surface area contributed by atoms with Crippen LogP contribution in [0.5, 0.6) is 0 Å². The molecule has 1 aliphatic heterocycles. The van der Waals surface area contributed by atoms with E-state index in [0.29, 0.717) is 6.04 Å². The third-order valence-corrected chi connectivity index (χ3v) is 5.57. The predicted molar refractivity (Wildman–Crippen MR) is 89.2 cm³/mol. The molecule has 2 aromatic heterocycles. The van der Waals surface area contributed by atoms with E-state index in [4.69, 9.17) is 4.98 Å². The van der Waals surface area contributed by atoms with E-state index in [1.165, 1.54) is 35.9 Å². The highest BCUT2D eigenvalue weighted by molar-refractivity contribution is 7.99. The molecule has 2 fully saturated rings. The molecule has 5 heteroatoms. The van der Waals surface area contributed by atoms with Gasteiger partial charge in [0.05, 0.1) is 5.69 Å². The lowest BCUT2D eigenvalue weighted by Gasteiger charge is -2.34. The molecule has 21 heavy (non-hydrogen) atoms. The van der Waals surface area contributed by atoms with Gasteiger partial charge in [-0.1, -0.05) is 6.07 Å². The second-order valence-electron chi connectivity index (χ2n) is 6.08. The molecule has 1 unspecified atom stereocenters. The fourth-order valence-electron chi connectivity index (χ4n) is 3.00. The minimum Gasteiger partial charge on any atom is -0.351 e. The second kappa shape index (κ2) is 5.54. The van der Waals surface area contributed by atoms with E-state index in [-0.39, 0.29) is 0 Å². The Morgan fingerprint density at radius 1 is 1.38 bits per heavy atom. The summed E-state index contributed by atoms with van der Waals surface area (Å²) in [5.74, 6) is 3.58. The van der Waals surface area contributed by atoms with Gasteiger partial charge in [0, 0.05) is 42.9 Å². The number of aromatic nitrogens is 2. The number of fused-ring (bicyclic) bond motifs is 1. The number of thioether (sulfide) groups is 1. The molecule has 0 amide bonds. The van der Waals surface area contributed by atoms with Crippen LogP contribution in [0.3, 0.4) is 0 Å². The van der Waals surface area contributed by atoms with E-state index < -0.39 is 0 Å². The zero-order valence-electron chi connectivity index (χ0n) is 12.5. The molecular formula is C16H22N4S. The second-order valence-corrected chi connectivity index (χ2v) is 7.23. The Hall–Kier alpha value is -1.20. The van der Waals surface area contributed by atoms with Crippen LogP contribution in [-0.2, 0) is 6.54 Å². The molecule has 1 atom stereocenters. The van der Waals surface area contributed by atoms with Crippen LogP contribution in [0.2, 0.25) is 0 Å². The molecule has 1 saturated heterocycles. The van der Waals surface area contributed by atoms with Crippen molar-refractivity contribution in [1.82, 2.24) is 14.7 Å². The zero-order chi connectivity index (χ0) is 14.2. The Labute approximate surface area is 129 Å². The van der Waals surface area contributed by atoms with Crippen LogP contribution < -0.4 is 10.2 Å². The lowest BCUT2D eigenvalue weighted by molar-refractivity contribution is 0.650. The van der Waals surface area contributed by atoms with Crippen molar-refractivity contribution < 1.29 is 0 Å². The van der Waals surface area contributed by atoms with Crippen molar-refractivity contribution in [2.75, 3.05) is 23.0 Å². The van der Waals surface area contributed by atoms with Gasteiger partial charge < -0.3 is 14.6 Å². The summed E-state index contributed by atoms with van der Waals surface area (Å²) >= 11 is 2.05. The molecule has 112 valence electrons. The summed E-state index contributed by atoms with van der Waals surface area (Å²) in [6.45, 7) is 4.34. The SMILES string of the molecule is CC1CSCCN1c1nc2ccccn2c1CNC1CC1. The molecule has 0 aromatic carbocycles. The third-order valence-electron chi connectivity index (χ3n) is 4.38. The Kier molecular flexibility index (Phi) is 3.55. The number of imidazole rings is 1. The molecule has 0 spiro atoms. The van der Waals surface area contributed by atoms with E-state index in [1.54, 1.807) is 0 Å². The lowest BCUT2D eigenvalue weighted by Crippen LogP contribution is -2.41. The van der Waals surface area contributed by atoms with Crippen molar-refractivity contribution in [3.05, 3.63) is 30.1 Å². The highest BCUT2D eigenvalue weighted by atomic mass is 32.2. The van der Waals surface area contributed by atoms with Gasteiger partial charge in [0.2, 0.25) is 0 Å². The fourth-order valence-corrected chi connectivity index (χ4v) is 4.01. The molecule has 2 aliphatic rings. The van der Waals surface area contributed by atoms with Crippen LogP contribution in [0, 0.1) is 0 Å². The summed E-state index contributed by atoms with van der Waals surface area (Å²) in [5, 5.41) is 3.65. The highest BCUT2D eigenvalue weighted by Crippen LogP contribution is 2.28. The molecular weight excluding hydrogens is 280 g/mol. The lowest BCUT2D eigenvalue weighted by atomic mass is 10.2. The minimum atomic E-state index is 0.563. The summed E-state index contributed by atoms with van der Waals surface area (Å²) in [6, 6.07) is 7.55. The largest absolute Gasteiger partial charge is 0.351 e. The van der Waals surface area contributed by atoms with Gasteiger partial charge in [-0.15, -0.1) is 0 Å². The topological polar surface area (TPSA) is 32.6 Å². The van der Waals surface area contributed by atoms with Gasteiger partial charge in [-0.2, -0.15) is 11.8 Å². The third kappa shape index (κ3) is 2.64. The zero-order valence-corrected chi connectivity index (χ0v) is 13.3. The van der Waals surface area contributed by atoms with Crippen LogP contribution in [0.1, 0.15) is 25.5 Å². The van der Waals surface area contributed by atoms with Crippen molar-refractivity contribution in [3.8, 4) is 0 Å². The average Bonchev–Trinajstić information content (AvgIpc) is 3.26. The van der Waals surface area contributed by atoms with Gasteiger partial charge in [0.25, 0.3) is 0 Å². The first kappa shape index (κ1) is 13.5. The van der Waals surface area contributed by atoms with E-state index in [1.807, 2.05) is 0 Å². The van der Waals surface area contributed by atoms with Crippen molar-refractivity contribution in [1.29, 1.82) is 0 Å². The Morgan fingerprint density at radius 3 is 3.10 bits per heavy atom. The summed E-state index contributed by atoms with van der Waals surface area (Å²) in [4.78, 5) is 7.42. The summed E-state index contributed by atoms with van der Waals surface area (Å²) in [7, 11) is 0. The van der Waals surface area contributed by atoms with Gasteiger partial charge >= 0.3 is 0 Å². The molecule has 4 nitrogen and oxygen atoms in total. The van der Waals surface area contributed by atoms with E-state index in [0.717, 1.165) is 24.8 Å². The van der Waals surface area contributed by atoms with Crippen LogP contribution in [-0.4, -0.2) is 39.5 Å². The predicted octanol–water partition coefficient (Wildman–Crippen LogP) is 2.53. The van der Waals surface area contributed by atoms with Crippen LogP contribution in [0.4, 0.5) is 5.82 Å². The van der Waals surface area contributed by atoms with Crippen molar-refractivity contribution in [3.63, 3.8) is 0 Å². The number of rotatable bonds is 4. The minimum absolute atomic E-state index is 0.563. The van der Waals surface area contributed by atoms with E-state index >= 15 is 0 Å². The number of pyridine rings is 1. The molecule has 3 heterocycles. The number of nitrogens with zero attached hydrogens (tertiary/aromatic N) is 3. The van der Waals surface area contributed by atoms with E-state index in [9.17, 15) is 0 Å². The monoisotopic (exact) mass is 302 g/mol. The fraction of sp³-hybridized carbons (Fsp3) is 0.562. The van der Waals surface area contributed by atoms with Gasteiger partial charge in [-0.05, 0) is 31.9 Å². The summed E-state index contributed by atoms with van der Waals surface area (Å²) < 4.78 is 2.25. The number of nitrogens with one attached hydrogen (secondary N) is 1. The van der Waals surface area contributed by atoms with E-state index in [2.05, 4.69) is 57.7 Å². The molecule has 1 saturated carbocycles. The maximum Gasteiger partial charge on any atom is 0.152 e. The smallest absolute Gasteiger partial charge is 0.152 e. The first-order valence-electron chi connectivity index (χ1n) is 7.86. The summed E-state index contributed by atoms with van der Waals surface area (Å²) in [6.07, 6.45) is 4.78. The van der Waals surface area contributed by atoms with Crippen LogP contribution in [0.15, 0.2) is 24.4 Å². The Balaban J connectivity index is 1.72. The molecule has 2 aromatic rings. The highest BCUT2D eigenvalue weighted by Gasteiger charge is 2.26. The first-order chi connectivity index (χ1) is 10.3.